The van der Waals surface area contributed by atoms with Crippen molar-refractivity contribution >= 4 is 17.5 Å². The number of hydrogen-bond donors (Lipinski definition) is 2. The van der Waals surface area contributed by atoms with Gasteiger partial charge in [0, 0.05) is 11.9 Å². The maximum atomic E-state index is 12.0. The van der Waals surface area contributed by atoms with E-state index in [1.165, 1.54) is 0 Å². The van der Waals surface area contributed by atoms with E-state index in [1.807, 2.05) is 0 Å². The van der Waals surface area contributed by atoms with Gasteiger partial charge in [0.1, 0.15) is 5.75 Å². The summed E-state index contributed by atoms with van der Waals surface area (Å²) in [6, 6.07) is 5.19. The third kappa shape index (κ3) is 2.96. The van der Waals surface area contributed by atoms with Crippen LogP contribution in [-0.4, -0.2) is 22.9 Å². The van der Waals surface area contributed by atoms with Crippen molar-refractivity contribution in [3.05, 3.63) is 29.3 Å². The average Bonchev–Trinajstić information content (AvgIpc) is 2.76. The average molecular weight is 268 g/mol. The van der Waals surface area contributed by atoms with Crippen LogP contribution in [0, 0.1) is 12.8 Å². The minimum atomic E-state index is -0.214. The monoisotopic (exact) mass is 267 g/mol. The Balaban J connectivity index is 1.94. The topological polar surface area (TPSA) is 49.3 Å². The molecule has 4 heteroatoms. The normalized spacial score (nSPS) is 23.0. The van der Waals surface area contributed by atoms with Gasteiger partial charge in [0.2, 0.25) is 0 Å². The number of alkyl halides is 1. The SMILES string of the molecule is Cc1cccc(C(=O)NCC2CCC(Cl)C2)c1O. The number of amides is 1. The summed E-state index contributed by atoms with van der Waals surface area (Å²) >= 11 is 6.03. The van der Waals surface area contributed by atoms with E-state index in [9.17, 15) is 9.90 Å². The second-order valence-electron chi connectivity index (χ2n) is 4.96. The zero-order valence-corrected chi connectivity index (χ0v) is 11.2. The first-order valence-electron chi connectivity index (χ1n) is 6.28. The molecule has 0 saturated heterocycles. The van der Waals surface area contributed by atoms with Crippen molar-refractivity contribution in [3.63, 3.8) is 0 Å². The molecule has 0 aromatic heterocycles. The molecule has 2 rings (SSSR count). The number of nitrogens with one attached hydrogen (secondary N) is 1. The van der Waals surface area contributed by atoms with Crippen LogP contribution in [0.15, 0.2) is 18.2 Å². The van der Waals surface area contributed by atoms with Crippen LogP contribution in [0.3, 0.4) is 0 Å². The summed E-state index contributed by atoms with van der Waals surface area (Å²) in [5, 5.41) is 12.9. The van der Waals surface area contributed by atoms with Crippen LogP contribution in [0.25, 0.3) is 0 Å². The van der Waals surface area contributed by atoms with E-state index in [4.69, 9.17) is 11.6 Å². The molecule has 2 atom stereocenters. The molecule has 0 radical (unpaired) electrons. The number of aromatic hydroxyl groups is 1. The van der Waals surface area contributed by atoms with E-state index in [0.29, 0.717) is 23.6 Å². The van der Waals surface area contributed by atoms with Crippen molar-refractivity contribution in [2.45, 2.75) is 31.6 Å². The Bertz CT molecular complexity index is 447. The zero-order valence-electron chi connectivity index (χ0n) is 10.4. The fourth-order valence-corrected chi connectivity index (χ4v) is 2.75. The van der Waals surface area contributed by atoms with Gasteiger partial charge in [0.05, 0.1) is 5.56 Å². The van der Waals surface area contributed by atoms with Gasteiger partial charge >= 0.3 is 0 Å². The van der Waals surface area contributed by atoms with Crippen LogP contribution in [0.5, 0.6) is 5.75 Å². The second kappa shape index (κ2) is 5.61. The summed E-state index contributed by atoms with van der Waals surface area (Å²) in [4.78, 5) is 12.0. The molecule has 2 unspecified atom stereocenters. The smallest absolute Gasteiger partial charge is 0.255 e. The molecule has 1 saturated carbocycles. The number of rotatable bonds is 3. The summed E-state index contributed by atoms with van der Waals surface area (Å²) in [5.41, 5.74) is 1.06. The highest BCUT2D eigenvalue weighted by atomic mass is 35.5. The molecule has 0 heterocycles. The predicted octanol–water partition coefficient (Wildman–Crippen LogP) is 2.84. The Morgan fingerprint density at radius 1 is 1.50 bits per heavy atom. The molecular formula is C14H18ClNO2. The Hall–Kier alpha value is -1.22. The second-order valence-corrected chi connectivity index (χ2v) is 5.57. The van der Waals surface area contributed by atoms with E-state index >= 15 is 0 Å². The maximum Gasteiger partial charge on any atom is 0.255 e. The summed E-state index contributed by atoms with van der Waals surface area (Å²) < 4.78 is 0. The predicted molar refractivity (Wildman–Crippen MR) is 72.2 cm³/mol. The molecule has 1 aromatic rings. The van der Waals surface area contributed by atoms with E-state index in [1.54, 1.807) is 25.1 Å². The van der Waals surface area contributed by atoms with Gasteiger partial charge in [-0.1, -0.05) is 12.1 Å². The molecule has 1 aliphatic carbocycles. The Morgan fingerprint density at radius 3 is 2.94 bits per heavy atom. The number of halogens is 1. The van der Waals surface area contributed by atoms with Crippen molar-refractivity contribution in [1.29, 1.82) is 0 Å². The lowest BCUT2D eigenvalue weighted by Crippen LogP contribution is -2.28. The van der Waals surface area contributed by atoms with E-state index < -0.39 is 0 Å². The van der Waals surface area contributed by atoms with Crippen molar-refractivity contribution < 1.29 is 9.90 Å². The first kappa shape index (κ1) is 13.2. The van der Waals surface area contributed by atoms with E-state index in [0.717, 1.165) is 19.3 Å². The molecule has 0 aliphatic heterocycles. The Morgan fingerprint density at radius 2 is 2.28 bits per heavy atom. The summed E-state index contributed by atoms with van der Waals surface area (Å²) in [6.07, 6.45) is 3.05. The van der Waals surface area contributed by atoms with Gasteiger partial charge in [-0.15, -0.1) is 11.6 Å². The fraction of sp³-hybridized carbons (Fsp3) is 0.500. The molecule has 1 aliphatic rings. The van der Waals surface area contributed by atoms with Gasteiger partial charge in [-0.3, -0.25) is 4.79 Å². The number of phenolic OH excluding ortho intramolecular Hbond substituents is 1. The van der Waals surface area contributed by atoms with Crippen molar-refractivity contribution in [2.75, 3.05) is 6.54 Å². The first-order valence-corrected chi connectivity index (χ1v) is 6.72. The Kier molecular flexibility index (Phi) is 4.12. The van der Waals surface area contributed by atoms with Crippen molar-refractivity contribution in [2.24, 2.45) is 5.92 Å². The number of phenols is 1. The van der Waals surface area contributed by atoms with Gasteiger partial charge < -0.3 is 10.4 Å². The number of carbonyl (C=O) groups is 1. The van der Waals surface area contributed by atoms with Crippen LogP contribution in [0.2, 0.25) is 0 Å². The molecule has 1 amide bonds. The quantitative estimate of drug-likeness (QED) is 0.828. The molecule has 98 valence electrons. The minimum Gasteiger partial charge on any atom is -0.507 e. The van der Waals surface area contributed by atoms with E-state index in [-0.39, 0.29) is 17.0 Å². The molecule has 1 aromatic carbocycles. The molecule has 0 spiro atoms. The largest absolute Gasteiger partial charge is 0.507 e. The van der Waals surface area contributed by atoms with E-state index in [2.05, 4.69) is 5.32 Å². The van der Waals surface area contributed by atoms with Gasteiger partial charge in [-0.2, -0.15) is 0 Å². The number of benzene rings is 1. The summed E-state index contributed by atoms with van der Waals surface area (Å²) in [6.45, 7) is 2.41. The van der Waals surface area contributed by atoms with Crippen LogP contribution in [-0.2, 0) is 0 Å². The molecule has 1 fully saturated rings. The molecular weight excluding hydrogens is 250 g/mol. The highest BCUT2D eigenvalue weighted by Gasteiger charge is 2.23. The number of hydrogen-bond acceptors (Lipinski definition) is 2. The third-order valence-electron chi connectivity index (χ3n) is 3.51. The summed E-state index contributed by atoms with van der Waals surface area (Å²) in [7, 11) is 0. The number of aryl methyl sites for hydroxylation is 1. The van der Waals surface area contributed by atoms with Crippen molar-refractivity contribution in [3.8, 4) is 5.75 Å². The lowest BCUT2D eigenvalue weighted by molar-refractivity contribution is 0.0944. The van der Waals surface area contributed by atoms with Gasteiger partial charge in [0.25, 0.3) is 5.91 Å². The number of para-hydroxylation sites is 1. The minimum absolute atomic E-state index is 0.0663. The van der Waals surface area contributed by atoms with Crippen molar-refractivity contribution in [1.82, 2.24) is 5.32 Å². The highest BCUT2D eigenvalue weighted by molar-refractivity contribution is 6.20. The van der Waals surface area contributed by atoms with Gasteiger partial charge in [-0.05, 0) is 43.7 Å². The lowest BCUT2D eigenvalue weighted by atomic mass is 10.1. The fourth-order valence-electron chi connectivity index (χ4n) is 2.37. The van der Waals surface area contributed by atoms with Crippen LogP contribution < -0.4 is 5.32 Å². The Labute approximate surface area is 112 Å². The molecule has 18 heavy (non-hydrogen) atoms. The third-order valence-corrected chi connectivity index (χ3v) is 3.91. The zero-order chi connectivity index (χ0) is 13.1. The van der Waals surface area contributed by atoms with Crippen LogP contribution in [0.1, 0.15) is 35.2 Å². The van der Waals surface area contributed by atoms with Crippen LogP contribution >= 0.6 is 11.6 Å². The standard InChI is InChI=1S/C14H18ClNO2/c1-9-3-2-4-12(13(9)17)14(18)16-8-10-5-6-11(15)7-10/h2-4,10-11,17H,5-8H2,1H3,(H,16,18). The highest BCUT2D eigenvalue weighted by Crippen LogP contribution is 2.29. The molecule has 3 nitrogen and oxygen atoms in total. The molecule has 0 bridgehead atoms. The molecule has 2 N–H and O–H groups in total. The first-order chi connectivity index (χ1) is 8.58. The van der Waals surface area contributed by atoms with Crippen LogP contribution in [0.4, 0.5) is 0 Å². The lowest BCUT2D eigenvalue weighted by Gasteiger charge is -2.12. The van der Waals surface area contributed by atoms with Gasteiger partial charge in [-0.25, -0.2) is 0 Å². The van der Waals surface area contributed by atoms with Gasteiger partial charge in [0.15, 0.2) is 0 Å². The maximum absolute atomic E-state index is 12.0. The number of carbonyl (C=O) groups excluding carboxylic acids is 1. The summed E-state index contributed by atoms with van der Waals surface area (Å²) in [5.74, 6) is 0.314.